The van der Waals surface area contributed by atoms with Crippen molar-refractivity contribution in [1.29, 1.82) is 0 Å². The first-order valence-corrected chi connectivity index (χ1v) is 6.51. The summed E-state index contributed by atoms with van der Waals surface area (Å²) in [4.78, 5) is 6.97. The van der Waals surface area contributed by atoms with Gasteiger partial charge in [-0.3, -0.25) is 0 Å². The van der Waals surface area contributed by atoms with Gasteiger partial charge in [0.15, 0.2) is 6.10 Å². The van der Waals surface area contributed by atoms with Gasteiger partial charge in [0.1, 0.15) is 0 Å². The van der Waals surface area contributed by atoms with E-state index in [1.165, 1.54) is 0 Å². The van der Waals surface area contributed by atoms with Crippen molar-refractivity contribution >= 4 is 21.9 Å². The highest BCUT2D eigenvalue weighted by molar-refractivity contribution is 9.10. The number of hydrogen-bond acceptors (Lipinski definition) is 2. The third kappa shape index (κ3) is 4.74. The molecule has 2 nitrogen and oxygen atoms in total. The molecule has 1 aliphatic carbocycles. The minimum Gasteiger partial charge on any atom is -0.449 e. The fourth-order valence-electron chi connectivity index (χ4n) is 2.08. The van der Waals surface area contributed by atoms with Crippen molar-refractivity contribution in [2.24, 2.45) is 5.92 Å². The molecule has 0 aromatic carbocycles. The molecule has 0 spiro atoms. The predicted octanol–water partition coefficient (Wildman–Crippen LogP) is 4.54. The summed E-state index contributed by atoms with van der Waals surface area (Å²) in [5, 5.41) is 0. The number of carbonyl (C=O) groups is 1. The lowest BCUT2D eigenvalue weighted by atomic mass is 9.85. The largest absolute Gasteiger partial charge is 0.449 e. The summed E-state index contributed by atoms with van der Waals surface area (Å²) in [6, 6.07) is 0. The Hall–Kier alpha value is -0.660. The Kier molecular flexibility index (Phi) is 5.76. The number of ether oxygens (including phenoxy) is 1. The maximum Gasteiger partial charge on any atom is 0.396 e. The average molecular weight is 351 g/mol. The first-order valence-electron chi connectivity index (χ1n) is 5.72. The van der Waals surface area contributed by atoms with Crippen molar-refractivity contribution in [2.45, 2.75) is 43.0 Å². The van der Waals surface area contributed by atoms with Gasteiger partial charge in [-0.2, -0.15) is 17.6 Å². The van der Waals surface area contributed by atoms with E-state index in [9.17, 15) is 26.7 Å². The van der Waals surface area contributed by atoms with Crippen molar-refractivity contribution in [2.75, 3.05) is 0 Å². The lowest BCUT2D eigenvalue weighted by Crippen LogP contribution is -2.34. The van der Waals surface area contributed by atoms with Crippen LogP contribution in [-0.2, 0) is 9.53 Å². The summed E-state index contributed by atoms with van der Waals surface area (Å²) in [6.45, 7) is 0. The molecule has 0 N–H and O–H groups in total. The highest BCUT2D eigenvalue weighted by atomic mass is 79.9. The van der Waals surface area contributed by atoms with Gasteiger partial charge in [0.25, 0.3) is 0 Å². The van der Waals surface area contributed by atoms with Crippen LogP contribution < -0.4 is 0 Å². The van der Waals surface area contributed by atoms with E-state index in [-0.39, 0.29) is 0 Å². The molecule has 8 heteroatoms. The van der Waals surface area contributed by atoms with Gasteiger partial charge in [0.2, 0.25) is 5.83 Å². The standard InChI is InChI=1S/C11H12BrF5O2/c12-11(16,17)10(18)19-8(7(13)9(14)15)6-4-2-1-3-5-6/h6,8H,1-5H2. The van der Waals surface area contributed by atoms with Gasteiger partial charge in [0, 0.05) is 21.8 Å². The average Bonchev–Trinajstić information content (AvgIpc) is 2.34. The minimum atomic E-state index is -4.02. The summed E-state index contributed by atoms with van der Waals surface area (Å²) in [5.74, 6) is -4.72. The van der Waals surface area contributed by atoms with Crippen LogP contribution >= 0.6 is 15.9 Å². The SMILES string of the molecule is O=C(OC(C(F)=C(F)F)C1CCCCC1)C(F)(F)Br. The van der Waals surface area contributed by atoms with Crippen molar-refractivity contribution in [3.05, 3.63) is 11.9 Å². The zero-order valence-corrected chi connectivity index (χ0v) is 11.4. The van der Waals surface area contributed by atoms with Crippen LogP contribution in [0.1, 0.15) is 32.1 Å². The zero-order chi connectivity index (χ0) is 14.6. The molecule has 0 saturated heterocycles. The van der Waals surface area contributed by atoms with Crippen LogP contribution in [0.4, 0.5) is 22.0 Å². The Labute approximate surface area is 115 Å². The van der Waals surface area contributed by atoms with Gasteiger partial charge in [-0.15, -0.1) is 0 Å². The fraction of sp³-hybridized carbons (Fsp3) is 0.727. The Morgan fingerprint density at radius 2 is 1.68 bits per heavy atom. The Morgan fingerprint density at radius 3 is 2.11 bits per heavy atom. The first-order chi connectivity index (χ1) is 8.73. The summed E-state index contributed by atoms with van der Waals surface area (Å²) in [5.41, 5.74) is 0. The monoisotopic (exact) mass is 350 g/mol. The van der Waals surface area contributed by atoms with Gasteiger partial charge in [-0.05, 0) is 12.8 Å². The minimum absolute atomic E-state index is 0.354. The predicted molar refractivity (Wildman–Crippen MR) is 60.7 cm³/mol. The van der Waals surface area contributed by atoms with E-state index in [1.807, 2.05) is 0 Å². The molecule has 1 saturated carbocycles. The number of hydrogen-bond donors (Lipinski definition) is 0. The van der Waals surface area contributed by atoms with Crippen LogP contribution in [0.15, 0.2) is 11.9 Å². The van der Waals surface area contributed by atoms with E-state index in [2.05, 4.69) is 4.74 Å². The van der Waals surface area contributed by atoms with E-state index >= 15 is 0 Å². The van der Waals surface area contributed by atoms with Crippen molar-refractivity contribution in [3.63, 3.8) is 0 Å². The van der Waals surface area contributed by atoms with E-state index in [1.54, 1.807) is 15.9 Å². The lowest BCUT2D eigenvalue weighted by Gasteiger charge is -2.29. The molecular weight excluding hydrogens is 339 g/mol. The van der Waals surface area contributed by atoms with Crippen LogP contribution in [0.5, 0.6) is 0 Å². The van der Waals surface area contributed by atoms with E-state index in [4.69, 9.17) is 0 Å². The molecule has 0 aromatic rings. The summed E-state index contributed by atoms with van der Waals surface area (Å²) >= 11 is 1.75. The second kappa shape index (κ2) is 6.67. The van der Waals surface area contributed by atoms with Gasteiger partial charge in [-0.1, -0.05) is 19.3 Å². The van der Waals surface area contributed by atoms with Crippen LogP contribution in [0.2, 0.25) is 0 Å². The molecular formula is C11H12BrF5O2. The highest BCUT2D eigenvalue weighted by Gasteiger charge is 2.42. The molecule has 19 heavy (non-hydrogen) atoms. The molecule has 0 bridgehead atoms. The maximum absolute atomic E-state index is 13.3. The van der Waals surface area contributed by atoms with Crippen LogP contribution in [0.3, 0.4) is 0 Å². The van der Waals surface area contributed by atoms with E-state index < -0.39 is 34.7 Å². The highest BCUT2D eigenvalue weighted by Crippen LogP contribution is 2.35. The van der Waals surface area contributed by atoms with Crippen LogP contribution in [0, 0.1) is 5.92 Å². The van der Waals surface area contributed by atoms with Gasteiger partial charge >= 0.3 is 16.9 Å². The Bertz CT molecular complexity index is 357. The molecule has 1 atom stereocenters. The summed E-state index contributed by atoms with van der Waals surface area (Å²) in [7, 11) is 0. The number of esters is 1. The maximum atomic E-state index is 13.3. The van der Waals surface area contributed by atoms with Gasteiger partial charge < -0.3 is 4.74 Å². The smallest absolute Gasteiger partial charge is 0.396 e. The third-order valence-corrected chi connectivity index (χ3v) is 3.30. The summed E-state index contributed by atoms with van der Waals surface area (Å²) in [6.07, 6.45) is -1.72. The van der Waals surface area contributed by atoms with Crippen molar-refractivity contribution < 1.29 is 31.5 Å². The first kappa shape index (κ1) is 16.4. The molecule has 110 valence electrons. The lowest BCUT2D eigenvalue weighted by molar-refractivity contribution is -0.167. The second-order valence-corrected chi connectivity index (χ2v) is 5.33. The second-order valence-electron chi connectivity index (χ2n) is 4.33. The Balaban J connectivity index is 2.87. The fourth-order valence-corrected chi connectivity index (χ4v) is 2.17. The molecule has 0 radical (unpaired) electrons. The van der Waals surface area contributed by atoms with E-state index in [0.29, 0.717) is 25.7 Å². The van der Waals surface area contributed by atoms with E-state index in [0.717, 1.165) is 6.42 Å². The molecule has 0 heterocycles. The topological polar surface area (TPSA) is 26.3 Å². The number of halogens is 6. The molecule has 1 unspecified atom stereocenters. The quantitative estimate of drug-likeness (QED) is 0.422. The third-order valence-electron chi connectivity index (χ3n) is 2.97. The van der Waals surface area contributed by atoms with Crippen LogP contribution in [0.25, 0.3) is 0 Å². The molecule has 0 amide bonds. The number of carbonyl (C=O) groups excluding carboxylic acids is 1. The molecule has 1 rings (SSSR count). The summed E-state index contributed by atoms with van der Waals surface area (Å²) < 4.78 is 67.4. The number of alkyl halides is 3. The zero-order valence-electron chi connectivity index (χ0n) is 9.77. The molecule has 1 aliphatic rings. The molecule has 0 aromatic heterocycles. The van der Waals surface area contributed by atoms with Crippen molar-refractivity contribution in [3.8, 4) is 0 Å². The van der Waals surface area contributed by atoms with Crippen LogP contribution in [-0.4, -0.2) is 16.9 Å². The number of rotatable bonds is 4. The van der Waals surface area contributed by atoms with Gasteiger partial charge in [0.05, 0.1) is 0 Å². The van der Waals surface area contributed by atoms with Crippen molar-refractivity contribution in [1.82, 2.24) is 0 Å². The molecule has 1 fully saturated rings. The Morgan fingerprint density at radius 1 is 1.16 bits per heavy atom. The van der Waals surface area contributed by atoms with Gasteiger partial charge in [-0.25, -0.2) is 9.18 Å². The normalized spacial score (nSPS) is 18.8. The molecule has 0 aliphatic heterocycles.